The number of pyridine rings is 1. The van der Waals surface area contributed by atoms with Crippen LogP contribution in [0.3, 0.4) is 0 Å². The third-order valence-corrected chi connectivity index (χ3v) is 5.28. The molecule has 0 fully saturated rings. The molecular weight excluding hydrogens is 373 g/mol. The van der Waals surface area contributed by atoms with Crippen molar-refractivity contribution < 1.29 is 18.4 Å². The van der Waals surface area contributed by atoms with E-state index in [2.05, 4.69) is 4.98 Å². The molecule has 1 aromatic carbocycles. The first-order chi connectivity index (χ1) is 14.0. The SMILES string of the molecule is CC(=O)N1CCn2nc(-c3ccc(F)cc3)c(-c3ccnc4c[n+](C)oc34)c2C1. The molecule has 5 rings (SSSR count). The molecule has 0 atom stereocenters. The molecule has 0 bridgehead atoms. The molecule has 1 aliphatic heterocycles. The monoisotopic (exact) mass is 392 g/mol. The van der Waals surface area contributed by atoms with E-state index in [1.54, 1.807) is 41.9 Å². The van der Waals surface area contributed by atoms with Gasteiger partial charge in [0.2, 0.25) is 17.7 Å². The average molecular weight is 392 g/mol. The quantitative estimate of drug-likeness (QED) is 0.492. The molecule has 7 nitrogen and oxygen atoms in total. The van der Waals surface area contributed by atoms with E-state index in [4.69, 9.17) is 9.62 Å². The lowest BCUT2D eigenvalue weighted by atomic mass is 9.98. The van der Waals surface area contributed by atoms with Crippen LogP contribution in [-0.2, 0) is 24.9 Å². The maximum Gasteiger partial charge on any atom is 0.245 e. The first kappa shape index (κ1) is 17.5. The zero-order valence-electron chi connectivity index (χ0n) is 16.1. The van der Waals surface area contributed by atoms with E-state index < -0.39 is 0 Å². The van der Waals surface area contributed by atoms with Gasteiger partial charge in [0.15, 0.2) is 12.6 Å². The van der Waals surface area contributed by atoms with Gasteiger partial charge in [0, 0.05) is 36.4 Å². The smallest absolute Gasteiger partial charge is 0.245 e. The fourth-order valence-electron chi connectivity index (χ4n) is 3.87. The number of hydrogen-bond acceptors (Lipinski definition) is 4. The maximum atomic E-state index is 13.5. The number of carbonyl (C=O) groups excluding carboxylic acids is 1. The van der Waals surface area contributed by atoms with Gasteiger partial charge in [0.25, 0.3) is 0 Å². The number of rotatable bonds is 2. The molecule has 0 saturated carbocycles. The Labute approximate surface area is 166 Å². The lowest BCUT2D eigenvalue weighted by molar-refractivity contribution is -0.841. The van der Waals surface area contributed by atoms with E-state index in [-0.39, 0.29) is 11.7 Å². The number of hydrogen-bond donors (Lipinski definition) is 0. The third-order valence-electron chi connectivity index (χ3n) is 5.28. The summed E-state index contributed by atoms with van der Waals surface area (Å²) in [4.78, 5) is 18.2. The third kappa shape index (κ3) is 2.88. The van der Waals surface area contributed by atoms with Gasteiger partial charge in [-0.05, 0) is 35.1 Å². The molecule has 4 aromatic rings. The van der Waals surface area contributed by atoms with Gasteiger partial charge in [-0.15, -0.1) is 0 Å². The van der Waals surface area contributed by atoms with E-state index in [1.165, 1.54) is 12.1 Å². The molecule has 4 heterocycles. The van der Waals surface area contributed by atoms with Gasteiger partial charge in [-0.2, -0.15) is 5.10 Å². The number of aryl methyl sites for hydroxylation is 1. The van der Waals surface area contributed by atoms with Crippen molar-refractivity contribution in [2.45, 2.75) is 20.0 Å². The van der Waals surface area contributed by atoms with Crippen molar-refractivity contribution in [2.75, 3.05) is 6.54 Å². The molecule has 3 aromatic heterocycles. The molecule has 0 saturated heterocycles. The van der Waals surface area contributed by atoms with Crippen molar-refractivity contribution in [1.82, 2.24) is 19.7 Å². The largest absolute Gasteiger partial charge is 0.335 e. The van der Waals surface area contributed by atoms with Gasteiger partial charge >= 0.3 is 0 Å². The topological polar surface area (TPSA) is 68.0 Å². The highest BCUT2D eigenvalue weighted by Crippen LogP contribution is 2.39. The van der Waals surface area contributed by atoms with Crippen LogP contribution < -0.4 is 4.74 Å². The van der Waals surface area contributed by atoms with Crippen LogP contribution in [-0.4, -0.2) is 32.1 Å². The Bertz CT molecular complexity index is 1240. The molecular formula is C21H19FN5O2+. The van der Waals surface area contributed by atoms with Crippen LogP contribution in [0.5, 0.6) is 0 Å². The van der Waals surface area contributed by atoms with E-state index in [1.807, 2.05) is 16.9 Å². The van der Waals surface area contributed by atoms with Gasteiger partial charge in [0.05, 0.1) is 18.8 Å². The summed E-state index contributed by atoms with van der Waals surface area (Å²) in [6, 6.07) is 8.18. The minimum absolute atomic E-state index is 0.0241. The van der Waals surface area contributed by atoms with Crippen LogP contribution in [0.2, 0.25) is 0 Å². The van der Waals surface area contributed by atoms with Gasteiger partial charge < -0.3 is 4.90 Å². The number of carbonyl (C=O) groups is 1. The molecule has 8 heteroatoms. The zero-order valence-corrected chi connectivity index (χ0v) is 16.1. The predicted octanol–water partition coefficient (Wildman–Crippen LogP) is 2.68. The van der Waals surface area contributed by atoms with E-state index in [9.17, 15) is 9.18 Å². The standard InChI is InChI=1S/C21H19FN5O2/c1-13(28)26-9-10-27-18(12-26)19(20(24-27)14-3-5-15(22)6-4-14)16-7-8-23-17-11-25(2)29-21(16)17/h3-8,11H,9-10,12H2,1-2H3/q+1. The van der Waals surface area contributed by atoms with Crippen LogP contribution in [0.4, 0.5) is 4.39 Å². The fraction of sp³-hybridized carbons (Fsp3) is 0.238. The lowest BCUT2D eigenvalue weighted by Gasteiger charge is -2.27. The van der Waals surface area contributed by atoms with Crippen LogP contribution in [0.25, 0.3) is 33.5 Å². The Kier molecular flexibility index (Phi) is 3.94. The van der Waals surface area contributed by atoms with Gasteiger partial charge in [-0.3, -0.25) is 9.48 Å². The summed E-state index contributed by atoms with van der Waals surface area (Å²) in [7, 11) is 1.80. The Morgan fingerprint density at radius 1 is 1.21 bits per heavy atom. The van der Waals surface area contributed by atoms with Crippen molar-refractivity contribution >= 4 is 17.0 Å². The Morgan fingerprint density at radius 2 is 2.00 bits per heavy atom. The predicted molar refractivity (Wildman–Crippen MR) is 103 cm³/mol. The summed E-state index contributed by atoms with van der Waals surface area (Å²) in [5.41, 5.74) is 5.57. The van der Waals surface area contributed by atoms with Gasteiger partial charge in [0.1, 0.15) is 11.5 Å². The number of fused-ring (bicyclic) bond motifs is 2. The van der Waals surface area contributed by atoms with E-state index in [0.29, 0.717) is 25.2 Å². The summed E-state index contributed by atoms with van der Waals surface area (Å²) in [6.07, 6.45) is 3.55. The maximum absolute atomic E-state index is 13.5. The number of benzene rings is 1. The lowest BCUT2D eigenvalue weighted by Crippen LogP contribution is -2.37. The van der Waals surface area contributed by atoms with Crippen molar-refractivity contribution in [3.8, 4) is 22.4 Å². The van der Waals surface area contributed by atoms with Crippen LogP contribution in [0.15, 0.2) is 47.2 Å². The van der Waals surface area contributed by atoms with Crippen LogP contribution in [0, 0.1) is 5.82 Å². The number of aromatic nitrogens is 4. The minimum Gasteiger partial charge on any atom is -0.335 e. The number of halogens is 1. The summed E-state index contributed by atoms with van der Waals surface area (Å²) in [5.74, 6) is -0.276. The van der Waals surface area contributed by atoms with Crippen molar-refractivity contribution in [3.63, 3.8) is 0 Å². The van der Waals surface area contributed by atoms with Crippen LogP contribution in [0.1, 0.15) is 12.6 Å². The van der Waals surface area contributed by atoms with Crippen molar-refractivity contribution in [3.05, 3.63) is 54.2 Å². The van der Waals surface area contributed by atoms with Crippen molar-refractivity contribution in [2.24, 2.45) is 7.05 Å². The molecule has 0 radical (unpaired) electrons. The second kappa shape index (κ2) is 6.51. The minimum atomic E-state index is -0.300. The molecule has 0 aliphatic carbocycles. The summed E-state index contributed by atoms with van der Waals surface area (Å²) < 4.78 is 22.9. The summed E-state index contributed by atoms with van der Waals surface area (Å²) in [6.45, 7) is 3.23. The molecule has 1 amide bonds. The molecule has 0 unspecified atom stereocenters. The fourth-order valence-corrected chi connectivity index (χ4v) is 3.87. The summed E-state index contributed by atoms with van der Waals surface area (Å²) >= 11 is 0. The highest BCUT2D eigenvalue weighted by molar-refractivity contribution is 5.95. The van der Waals surface area contributed by atoms with E-state index >= 15 is 0 Å². The van der Waals surface area contributed by atoms with E-state index in [0.717, 1.165) is 33.6 Å². The first-order valence-electron chi connectivity index (χ1n) is 9.37. The highest BCUT2D eigenvalue weighted by atomic mass is 19.1. The molecule has 1 aliphatic rings. The molecule has 146 valence electrons. The Hall–Kier alpha value is -3.55. The number of amides is 1. The van der Waals surface area contributed by atoms with Crippen molar-refractivity contribution in [1.29, 1.82) is 0 Å². The Morgan fingerprint density at radius 3 is 2.76 bits per heavy atom. The second-order valence-corrected chi connectivity index (χ2v) is 7.18. The first-order valence-corrected chi connectivity index (χ1v) is 9.37. The van der Waals surface area contributed by atoms with Gasteiger partial charge in [-0.25, -0.2) is 13.9 Å². The molecule has 0 N–H and O–H groups in total. The molecule has 29 heavy (non-hydrogen) atoms. The zero-order chi connectivity index (χ0) is 20.1. The average Bonchev–Trinajstić information content (AvgIpc) is 3.27. The van der Waals surface area contributed by atoms with Crippen LogP contribution >= 0.6 is 0 Å². The second-order valence-electron chi connectivity index (χ2n) is 7.18. The normalized spacial score (nSPS) is 13.7. The highest BCUT2D eigenvalue weighted by Gasteiger charge is 2.29. The summed E-state index contributed by atoms with van der Waals surface area (Å²) in [5, 5.41) is 4.82. The van der Waals surface area contributed by atoms with Gasteiger partial charge in [-0.1, -0.05) is 0 Å². The molecule has 0 spiro atoms. The Balaban J connectivity index is 1.79. The number of nitrogens with zero attached hydrogens (tertiary/aromatic N) is 5.